The summed E-state index contributed by atoms with van der Waals surface area (Å²) in [7, 11) is 0. The summed E-state index contributed by atoms with van der Waals surface area (Å²) in [5.41, 5.74) is 5.75. The van der Waals surface area contributed by atoms with E-state index in [1.165, 1.54) is 10.6 Å². The van der Waals surface area contributed by atoms with Gasteiger partial charge in [0.25, 0.3) is 0 Å². The zero-order valence-corrected chi connectivity index (χ0v) is 7.55. The lowest BCUT2D eigenvalue weighted by molar-refractivity contribution is 0.623. The van der Waals surface area contributed by atoms with Gasteiger partial charge >= 0.3 is 0 Å². The van der Waals surface area contributed by atoms with Crippen molar-refractivity contribution in [1.82, 2.24) is 9.38 Å². The van der Waals surface area contributed by atoms with Crippen LogP contribution >= 0.6 is 15.9 Å². The van der Waals surface area contributed by atoms with E-state index in [9.17, 15) is 4.39 Å². The fourth-order valence-corrected chi connectivity index (χ4v) is 1.31. The predicted molar refractivity (Wildman–Crippen MR) is 47.3 cm³/mol. The molecule has 0 amide bonds. The highest BCUT2D eigenvalue weighted by Crippen LogP contribution is 2.20. The fourth-order valence-electron chi connectivity index (χ4n) is 1.01. The van der Waals surface area contributed by atoms with Gasteiger partial charge in [0.1, 0.15) is 5.82 Å². The van der Waals surface area contributed by atoms with Crippen LogP contribution in [0.5, 0.6) is 0 Å². The van der Waals surface area contributed by atoms with E-state index in [0.29, 0.717) is 10.3 Å². The first kappa shape index (κ1) is 7.54. The van der Waals surface area contributed by atoms with Gasteiger partial charge in [0.2, 0.25) is 0 Å². The SMILES string of the molecule is Nc1cnc2c(F)c(Br)ccn12. The van der Waals surface area contributed by atoms with Gasteiger partial charge in [-0.2, -0.15) is 0 Å². The minimum Gasteiger partial charge on any atom is -0.383 e. The van der Waals surface area contributed by atoms with Crippen LogP contribution in [0.1, 0.15) is 0 Å². The summed E-state index contributed by atoms with van der Waals surface area (Å²) in [6, 6.07) is 1.58. The zero-order chi connectivity index (χ0) is 8.72. The molecule has 62 valence electrons. The van der Waals surface area contributed by atoms with Gasteiger partial charge in [0.15, 0.2) is 11.5 Å². The molecule has 2 aromatic rings. The van der Waals surface area contributed by atoms with E-state index in [1.807, 2.05) is 0 Å². The largest absolute Gasteiger partial charge is 0.383 e. The van der Waals surface area contributed by atoms with Crippen molar-refractivity contribution in [2.24, 2.45) is 0 Å². The topological polar surface area (TPSA) is 43.3 Å². The monoisotopic (exact) mass is 229 g/mol. The number of nitrogens with zero attached hydrogens (tertiary/aromatic N) is 2. The Morgan fingerprint density at radius 2 is 2.33 bits per heavy atom. The highest BCUT2D eigenvalue weighted by Gasteiger charge is 2.07. The molecule has 0 spiro atoms. The maximum Gasteiger partial charge on any atom is 0.180 e. The molecule has 2 N–H and O–H groups in total. The number of hydrogen-bond acceptors (Lipinski definition) is 2. The average molecular weight is 230 g/mol. The van der Waals surface area contributed by atoms with E-state index >= 15 is 0 Å². The Kier molecular flexibility index (Phi) is 1.54. The van der Waals surface area contributed by atoms with Crippen LogP contribution in [0.15, 0.2) is 22.9 Å². The molecule has 0 fully saturated rings. The molecule has 12 heavy (non-hydrogen) atoms. The summed E-state index contributed by atoms with van der Waals surface area (Å²) in [5.74, 6) is 0.0330. The maximum atomic E-state index is 13.2. The summed E-state index contributed by atoms with van der Waals surface area (Å²) in [4.78, 5) is 3.81. The number of hydrogen-bond donors (Lipinski definition) is 1. The number of rotatable bonds is 0. The molecule has 0 saturated heterocycles. The third kappa shape index (κ3) is 0.896. The number of halogens is 2. The van der Waals surface area contributed by atoms with Crippen molar-refractivity contribution in [3.8, 4) is 0 Å². The first-order valence-corrected chi connectivity index (χ1v) is 4.06. The lowest BCUT2D eigenvalue weighted by atomic mass is 10.4. The molecule has 2 rings (SSSR count). The van der Waals surface area contributed by atoms with Crippen molar-refractivity contribution in [3.05, 3.63) is 28.7 Å². The molecule has 5 heteroatoms. The number of imidazole rings is 1. The normalized spacial score (nSPS) is 10.8. The Morgan fingerprint density at radius 3 is 3.08 bits per heavy atom. The van der Waals surface area contributed by atoms with E-state index in [1.54, 1.807) is 12.3 Å². The Morgan fingerprint density at radius 1 is 1.58 bits per heavy atom. The molecular weight excluding hydrogens is 225 g/mol. The Balaban J connectivity index is 2.93. The Bertz CT molecular complexity index is 437. The molecule has 2 aromatic heterocycles. The Hall–Kier alpha value is -1.10. The minimum atomic E-state index is -0.394. The van der Waals surface area contributed by atoms with Gasteiger partial charge < -0.3 is 5.73 Å². The number of nitrogen functional groups attached to an aromatic ring is 1. The highest BCUT2D eigenvalue weighted by molar-refractivity contribution is 9.10. The van der Waals surface area contributed by atoms with E-state index in [4.69, 9.17) is 5.73 Å². The van der Waals surface area contributed by atoms with Gasteiger partial charge in [-0.15, -0.1) is 0 Å². The molecule has 0 atom stereocenters. The second-order valence-electron chi connectivity index (χ2n) is 2.35. The predicted octanol–water partition coefficient (Wildman–Crippen LogP) is 1.82. The lowest BCUT2D eigenvalue weighted by Crippen LogP contribution is -1.94. The molecule has 2 heterocycles. The zero-order valence-electron chi connectivity index (χ0n) is 5.96. The molecular formula is C7H5BrFN3. The summed E-state index contributed by atoms with van der Waals surface area (Å²) in [5, 5.41) is 0. The first-order valence-electron chi connectivity index (χ1n) is 3.26. The van der Waals surface area contributed by atoms with Gasteiger partial charge in [-0.05, 0) is 22.0 Å². The number of anilines is 1. The van der Waals surface area contributed by atoms with Gasteiger partial charge in [-0.1, -0.05) is 0 Å². The molecule has 0 aliphatic rings. The molecule has 0 saturated carbocycles. The summed E-state index contributed by atoms with van der Waals surface area (Å²) in [6.45, 7) is 0. The van der Waals surface area contributed by atoms with E-state index < -0.39 is 5.82 Å². The van der Waals surface area contributed by atoms with Crippen LogP contribution in [-0.2, 0) is 0 Å². The smallest absolute Gasteiger partial charge is 0.180 e. The van der Waals surface area contributed by atoms with Crippen molar-refractivity contribution in [1.29, 1.82) is 0 Å². The van der Waals surface area contributed by atoms with E-state index in [0.717, 1.165) is 0 Å². The van der Waals surface area contributed by atoms with Gasteiger partial charge in [-0.3, -0.25) is 4.40 Å². The molecule has 0 aliphatic carbocycles. The number of fused-ring (bicyclic) bond motifs is 1. The highest BCUT2D eigenvalue weighted by atomic mass is 79.9. The fraction of sp³-hybridized carbons (Fsp3) is 0. The number of pyridine rings is 1. The van der Waals surface area contributed by atoms with Crippen LogP contribution < -0.4 is 5.73 Å². The van der Waals surface area contributed by atoms with Crippen molar-refractivity contribution in [3.63, 3.8) is 0 Å². The second-order valence-corrected chi connectivity index (χ2v) is 3.21. The standard InChI is InChI=1S/C7H5BrFN3/c8-4-1-2-12-5(10)3-11-7(12)6(4)9/h1-3H,10H2. The van der Waals surface area contributed by atoms with Crippen LogP contribution in [0.2, 0.25) is 0 Å². The molecule has 0 unspecified atom stereocenters. The van der Waals surface area contributed by atoms with E-state index in [2.05, 4.69) is 20.9 Å². The third-order valence-electron chi connectivity index (χ3n) is 1.60. The number of nitrogens with two attached hydrogens (primary N) is 1. The molecule has 3 nitrogen and oxygen atoms in total. The van der Waals surface area contributed by atoms with Gasteiger partial charge in [0, 0.05) is 6.20 Å². The van der Waals surface area contributed by atoms with Crippen molar-refractivity contribution >= 4 is 27.4 Å². The van der Waals surface area contributed by atoms with Crippen LogP contribution in [0.4, 0.5) is 10.2 Å². The average Bonchev–Trinajstić information content (AvgIpc) is 2.41. The summed E-state index contributed by atoms with van der Waals surface area (Å²) < 4.78 is 15.1. The van der Waals surface area contributed by atoms with Crippen LogP contribution in [0.3, 0.4) is 0 Å². The van der Waals surface area contributed by atoms with Crippen LogP contribution in [-0.4, -0.2) is 9.38 Å². The summed E-state index contributed by atoms with van der Waals surface area (Å²) >= 11 is 3.06. The van der Waals surface area contributed by atoms with Gasteiger partial charge in [-0.25, -0.2) is 9.37 Å². The molecule has 0 aromatic carbocycles. The first-order chi connectivity index (χ1) is 5.70. The van der Waals surface area contributed by atoms with Crippen LogP contribution in [0, 0.1) is 5.82 Å². The molecule has 0 bridgehead atoms. The Labute approximate surface area is 76.1 Å². The summed E-state index contributed by atoms with van der Waals surface area (Å²) in [6.07, 6.45) is 3.08. The molecule has 0 aliphatic heterocycles. The van der Waals surface area contributed by atoms with Gasteiger partial charge in [0.05, 0.1) is 10.7 Å². The minimum absolute atomic E-state index is 0.238. The van der Waals surface area contributed by atoms with Crippen molar-refractivity contribution in [2.75, 3.05) is 5.73 Å². The molecule has 0 radical (unpaired) electrons. The van der Waals surface area contributed by atoms with Crippen molar-refractivity contribution < 1.29 is 4.39 Å². The van der Waals surface area contributed by atoms with Crippen molar-refractivity contribution in [2.45, 2.75) is 0 Å². The van der Waals surface area contributed by atoms with Crippen LogP contribution in [0.25, 0.3) is 5.65 Å². The number of aromatic nitrogens is 2. The quantitative estimate of drug-likeness (QED) is 0.749. The third-order valence-corrected chi connectivity index (χ3v) is 2.21. The second kappa shape index (κ2) is 2.45. The maximum absolute atomic E-state index is 13.2. The lowest BCUT2D eigenvalue weighted by Gasteiger charge is -1.97. The van der Waals surface area contributed by atoms with E-state index in [-0.39, 0.29) is 5.65 Å².